The van der Waals surface area contributed by atoms with Crippen LogP contribution in [-0.2, 0) is 35.5 Å². The molecule has 2 aromatic carbocycles. The Labute approximate surface area is 269 Å². The number of aromatic nitrogens is 3. The van der Waals surface area contributed by atoms with Crippen molar-refractivity contribution in [3.05, 3.63) is 59.4 Å². The van der Waals surface area contributed by atoms with Crippen LogP contribution in [0.3, 0.4) is 0 Å². The van der Waals surface area contributed by atoms with Gasteiger partial charge in [-0.15, -0.1) is 0 Å². The number of benzene rings is 2. The molecule has 0 amide bonds. The summed E-state index contributed by atoms with van der Waals surface area (Å²) in [6.45, 7) is 11.7. The molecule has 0 aliphatic heterocycles. The molecule has 0 radical (unpaired) electrons. The Bertz CT molecular complexity index is 1660. The number of rotatable bonds is 16. The molecule has 244 valence electrons. The number of halogens is 1. The second-order valence-electron chi connectivity index (χ2n) is 11.5. The van der Waals surface area contributed by atoms with Gasteiger partial charge >= 0.3 is 13.7 Å². The maximum absolute atomic E-state index is 14.5. The number of carbonyl (C=O) groups excluding carboxylic acids is 1. The van der Waals surface area contributed by atoms with Crippen molar-refractivity contribution < 1.29 is 27.9 Å². The van der Waals surface area contributed by atoms with E-state index in [1.165, 1.54) is 0 Å². The molecule has 4 aromatic rings. The highest BCUT2D eigenvalue weighted by Crippen LogP contribution is 2.47. The number of carbonyl (C=O) groups is 1. The molecule has 2 heterocycles. The number of nitrogens with zero attached hydrogens (tertiary/aromatic N) is 3. The van der Waals surface area contributed by atoms with Gasteiger partial charge in [0.1, 0.15) is 29.7 Å². The average molecular weight is 660 g/mol. The first-order valence-electron chi connectivity index (χ1n) is 15.2. The molecule has 0 bridgehead atoms. The molecule has 0 unspecified atom stereocenters. The summed E-state index contributed by atoms with van der Waals surface area (Å²) < 4.78 is 40.0. The largest absolute Gasteiger partial charge is 0.462 e. The topological polar surface area (TPSA) is 140 Å². The number of para-hydroxylation sites is 1. The molecule has 3 atom stereocenters. The van der Waals surface area contributed by atoms with E-state index < -0.39 is 25.3 Å². The molecule has 0 aliphatic carbocycles. The third-order valence-electron chi connectivity index (χ3n) is 7.28. The Morgan fingerprint density at radius 2 is 1.82 bits per heavy atom. The van der Waals surface area contributed by atoms with Crippen LogP contribution in [0.4, 0.5) is 5.82 Å². The summed E-state index contributed by atoms with van der Waals surface area (Å²) in [5, 5.41) is 4.14. The molecule has 0 fully saturated rings. The summed E-state index contributed by atoms with van der Waals surface area (Å²) >= 11 is 6.07. The van der Waals surface area contributed by atoms with E-state index in [0.29, 0.717) is 35.2 Å². The second kappa shape index (κ2) is 14.9. The van der Waals surface area contributed by atoms with Gasteiger partial charge in [0.05, 0.1) is 29.3 Å². The zero-order chi connectivity index (χ0) is 32.8. The molecule has 3 N–H and O–H groups in total. The fourth-order valence-electron chi connectivity index (χ4n) is 5.10. The Kier molecular flexibility index (Phi) is 11.5. The van der Waals surface area contributed by atoms with Crippen LogP contribution in [0.2, 0.25) is 5.02 Å². The van der Waals surface area contributed by atoms with Crippen LogP contribution in [0.25, 0.3) is 21.9 Å². The minimum absolute atomic E-state index is 0.0715. The van der Waals surface area contributed by atoms with Crippen molar-refractivity contribution in [2.45, 2.75) is 85.1 Å². The van der Waals surface area contributed by atoms with Gasteiger partial charge in [0.25, 0.3) is 0 Å². The highest BCUT2D eigenvalue weighted by Gasteiger charge is 2.39. The molecular weight excluding hydrogens is 617 g/mol. The minimum atomic E-state index is -4.19. The molecule has 0 saturated carbocycles. The third-order valence-corrected chi connectivity index (χ3v) is 9.15. The Morgan fingerprint density at radius 3 is 2.49 bits per heavy atom. The van der Waals surface area contributed by atoms with Crippen LogP contribution < -0.4 is 15.3 Å². The average Bonchev–Trinajstić information content (AvgIpc) is 3.40. The van der Waals surface area contributed by atoms with Crippen LogP contribution in [0.5, 0.6) is 5.75 Å². The first-order chi connectivity index (χ1) is 21.4. The Morgan fingerprint density at radius 1 is 1.11 bits per heavy atom. The molecule has 4 rings (SSSR count). The monoisotopic (exact) mass is 659 g/mol. The highest BCUT2D eigenvalue weighted by atomic mass is 35.5. The number of anilines is 1. The van der Waals surface area contributed by atoms with Crippen molar-refractivity contribution >= 4 is 53.1 Å². The van der Waals surface area contributed by atoms with Gasteiger partial charge in [0.2, 0.25) is 0 Å². The number of nitrogen functional groups attached to an aromatic ring is 1. The van der Waals surface area contributed by atoms with Crippen molar-refractivity contribution in [1.29, 1.82) is 0 Å². The quantitative estimate of drug-likeness (QED) is 0.0924. The molecular formula is C32H43ClN5O6P. The summed E-state index contributed by atoms with van der Waals surface area (Å²) in [5.74, 6) is 0.602. The summed E-state index contributed by atoms with van der Waals surface area (Å²) in [5.41, 5.74) is 7.69. The summed E-state index contributed by atoms with van der Waals surface area (Å²) in [6, 6.07) is 13.1. The van der Waals surface area contributed by atoms with Crippen LogP contribution in [0, 0.1) is 0 Å². The fraction of sp³-hybridized carbons (Fsp3) is 0.469. The second-order valence-corrected chi connectivity index (χ2v) is 13.6. The van der Waals surface area contributed by atoms with Gasteiger partial charge in [0.15, 0.2) is 5.82 Å². The molecule has 45 heavy (non-hydrogen) atoms. The smallest absolute Gasteiger partial charge is 0.459 e. The lowest BCUT2D eigenvalue weighted by molar-refractivity contribution is -0.149. The predicted octanol–water partition coefficient (Wildman–Crippen LogP) is 7.40. The number of imidazole rings is 1. The van der Waals surface area contributed by atoms with E-state index in [4.69, 9.17) is 40.8 Å². The number of fused-ring (bicyclic) bond motifs is 3. The van der Waals surface area contributed by atoms with E-state index >= 15 is 0 Å². The van der Waals surface area contributed by atoms with E-state index in [0.717, 1.165) is 29.3 Å². The van der Waals surface area contributed by atoms with E-state index in [1.807, 2.05) is 38.1 Å². The number of pyridine rings is 1. The Hall–Kier alpha value is -3.21. The normalized spacial score (nSPS) is 15.2. The summed E-state index contributed by atoms with van der Waals surface area (Å²) in [6.07, 6.45) is 2.02. The van der Waals surface area contributed by atoms with Crippen molar-refractivity contribution in [2.75, 3.05) is 18.9 Å². The first kappa shape index (κ1) is 34.7. The number of esters is 1. The van der Waals surface area contributed by atoms with E-state index in [1.54, 1.807) is 45.0 Å². The van der Waals surface area contributed by atoms with E-state index in [9.17, 15) is 9.36 Å². The van der Waals surface area contributed by atoms with Gasteiger partial charge in [-0.05, 0) is 71.4 Å². The van der Waals surface area contributed by atoms with Crippen LogP contribution in [-0.4, -0.2) is 45.9 Å². The molecule has 2 aromatic heterocycles. The van der Waals surface area contributed by atoms with Crippen molar-refractivity contribution in [3.63, 3.8) is 0 Å². The SMILES string of the molecule is CCCC[C@](C)(CO[P@@](=O)(N[C@@H](C)C(=O)OC(C)C)Oc1ccc(Cl)cc1)n1c(COCC)nc2c(N)nc3ccccc3c21. The van der Waals surface area contributed by atoms with Gasteiger partial charge in [-0.25, -0.2) is 14.5 Å². The van der Waals surface area contributed by atoms with Crippen molar-refractivity contribution in [2.24, 2.45) is 0 Å². The zero-order valence-corrected chi connectivity index (χ0v) is 28.4. The minimum Gasteiger partial charge on any atom is -0.462 e. The summed E-state index contributed by atoms with van der Waals surface area (Å²) in [4.78, 5) is 22.2. The van der Waals surface area contributed by atoms with Gasteiger partial charge in [-0.2, -0.15) is 5.09 Å². The third kappa shape index (κ3) is 8.34. The van der Waals surface area contributed by atoms with Crippen LogP contribution in [0.15, 0.2) is 48.5 Å². The first-order valence-corrected chi connectivity index (χ1v) is 17.1. The number of hydrogen-bond donors (Lipinski definition) is 2. The maximum Gasteiger partial charge on any atom is 0.459 e. The molecule has 0 saturated heterocycles. The lowest BCUT2D eigenvalue weighted by atomic mass is 9.94. The zero-order valence-electron chi connectivity index (χ0n) is 26.7. The molecule has 0 aliphatic rings. The molecule has 0 spiro atoms. The van der Waals surface area contributed by atoms with Gasteiger partial charge in [-0.3, -0.25) is 9.32 Å². The maximum atomic E-state index is 14.5. The molecule has 11 nitrogen and oxygen atoms in total. The lowest BCUT2D eigenvalue weighted by Crippen LogP contribution is -2.40. The number of unbranched alkanes of at least 4 members (excludes halogenated alkanes) is 1. The van der Waals surface area contributed by atoms with Crippen molar-refractivity contribution in [3.8, 4) is 5.75 Å². The predicted molar refractivity (Wildman–Crippen MR) is 177 cm³/mol. The van der Waals surface area contributed by atoms with Gasteiger partial charge in [0, 0.05) is 17.0 Å². The Balaban J connectivity index is 1.81. The van der Waals surface area contributed by atoms with E-state index in [2.05, 4.69) is 21.6 Å². The fourth-order valence-corrected chi connectivity index (χ4v) is 6.83. The number of nitrogens with one attached hydrogen (secondary N) is 1. The van der Waals surface area contributed by atoms with Gasteiger partial charge in [-0.1, -0.05) is 49.6 Å². The molecule has 13 heteroatoms. The number of ether oxygens (including phenoxy) is 2. The van der Waals surface area contributed by atoms with E-state index in [-0.39, 0.29) is 25.1 Å². The van der Waals surface area contributed by atoms with Crippen molar-refractivity contribution in [1.82, 2.24) is 19.6 Å². The highest BCUT2D eigenvalue weighted by molar-refractivity contribution is 7.52. The number of hydrogen-bond acceptors (Lipinski definition) is 9. The lowest BCUT2D eigenvalue weighted by Gasteiger charge is -2.35. The number of nitrogens with two attached hydrogens (primary N) is 1. The van der Waals surface area contributed by atoms with Gasteiger partial charge < -0.3 is 24.3 Å². The van der Waals surface area contributed by atoms with Crippen LogP contribution >= 0.6 is 19.3 Å². The summed E-state index contributed by atoms with van der Waals surface area (Å²) in [7, 11) is -4.19. The standard InChI is InChI=1S/C32H43ClN5O6P/c1-7-9-18-32(6,38-27(19-41-8-2)36-28-29(38)25-12-10-11-13-26(25)35-30(28)34)20-42-45(40,37-22(5)31(39)43-21(3)4)44-24-16-14-23(33)15-17-24/h10-17,21-22H,7-9,18-20H2,1-6H3,(H2,34,35)(H,37,40)/t22-,32+,45-/m0/s1. The van der Waals surface area contributed by atoms with Crippen LogP contribution in [0.1, 0.15) is 66.6 Å².